The number of ketones is 1. The molecule has 1 aliphatic carbocycles. The second kappa shape index (κ2) is 3.85. The van der Waals surface area contributed by atoms with Crippen LogP contribution in [-0.4, -0.2) is 17.9 Å². The van der Waals surface area contributed by atoms with Crippen LogP contribution in [0.15, 0.2) is 23.9 Å². The van der Waals surface area contributed by atoms with Crippen molar-refractivity contribution in [2.75, 3.05) is 7.11 Å². The standard InChI is InChI=1S/C12H13NO2/c1-8-10(4-5-11(8)14)9-3-6-12(15-2)13-7-9/h3,6-7H,4-5H2,1-2H3. The fraction of sp³-hybridized carbons (Fsp3) is 0.333. The van der Waals surface area contributed by atoms with Gasteiger partial charge in [-0.15, -0.1) is 0 Å². The summed E-state index contributed by atoms with van der Waals surface area (Å²) in [5.74, 6) is 0.849. The topological polar surface area (TPSA) is 39.2 Å². The number of hydrogen-bond donors (Lipinski definition) is 0. The first-order valence-corrected chi connectivity index (χ1v) is 4.95. The van der Waals surface area contributed by atoms with Crippen LogP contribution in [0.3, 0.4) is 0 Å². The lowest BCUT2D eigenvalue weighted by molar-refractivity contribution is -0.114. The van der Waals surface area contributed by atoms with E-state index in [9.17, 15) is 4.79 Å². The van der Waals surface area contributed by atoms with Gasteiger partial charge in [-0.25, -0.2) is 4.98 Å². The molecule has 0 amide bonds. The quantitative estimate of drug-likeness (QED) is 0.739. The van der Waals surface area contributed by atoms with Crippen LogP contribution in [0.2, 0.25) is 0 Å². The predicted octanol–water partition coefficient (Wildman–Crippen LogP) is 2.23. The summed E-state index contributed by atoms with van der Waals surface area (Å²) in [7, 11) is 1.59. The largest absolute Gasteiger partial charge is 0.481 e. The number of ether oxygens (including phenoxy) is 1. The highest BCUT2D eigenvalue weighted by molar-refractivity contribution is 6.06. The second-order valence-electron chi connectivity index (χ2n) is 3.62. The summed E-state index contributed by atoms with van der Waals surface area (Å²) in [5.41, 5.74) is 3.02. The fourth-order valence-electron chi connectivity index (χ4n) is 1.82. The number of allylic oxidation sites excluding steroid dienone is 2. The lowest BCUT2D eigenvalue weighted by Gasteiger charge is -2.04. The van der Waals surface area contributed by atoms with Gasteiger partial charge in [-0.2, -0.15) is 0 Å². The number of methoxy groups -OCH3 is 1. The third-order valence-corrected chi connectivity index (χ3v) is 2.77. The van der Waals surface area contributed by atoms with E-state index in [-0.39, 0.29) is 5.78 Å². The summed E-state index contributed by atoms with van der Waals surface area (Å²) in [5, 5.41) is 0. The minimum atomic E-state index is 0.251. The Morgan fingerprint density at radius 1 is 1.33 bits per heavy atom. The molecule has 0 saturated heterocycles. The van der Waals surface area contributed by atoms with Gasteiger partial charge in [0.05, 0.1) is 7.11 Å². The first-order valence-electron chi connectivity index (χ1n) is 4.95. The van der Waals surface area contributed by atoms with Gasteiger partial charge in [0.15, 0.2) is 5.78 Å². The van der Waals surface area contributed by atoms with Gasteiger partial charge in [0.2, 0.25) is 5.88 Å². The zero-order valence-corrected chi connectivity index (χ0v) is 8.91. The molecule has 2 rings (SSSR count). The smallest absolute Gasteiger partial charge is 0.212 e. The zero-order chi connectivity index (χ0) is 10.8. The summed E-state index contributed by atoms with van der Waals surface area (Å²) >= 11 is 0. The minimum Gasteiger partial charge on any atom is -0.481 e. The number of hydrogen-bond acceptors (Lipinski definition) is 3. The predicted molar refractivity (Wildman–Crippen MR) is 57.6 cm³/mol. The van der Waals surface area contributed by atoms with Crippen LogP contribution < -0.4 is 4.74 Å². The monoisotopic (exact) mass is 203 g/mol. The van der Waals surface area contributed by atoms with Crippen molar-refractivity contribution in [3.63, 3.8) is 0 Å². The van der Waals surface area contributed by atoms with Crippen LogP contribution in [0.4, 0.5) is 0 Å². The third-order valence-electron chi connectivity index (χ3n) is 2.77. The van der Waals surface area contributed by atoms with Crippen LogP contribution in [0, 0.1) is 0 Å². The average molecular weight is 203 g/mol. The Balaban J connectivity index is 2.34. The molecule has 3 nitrogen and oxygen atoms in total. The van der Waals surface area contributed by atoms with Crippen LogP contribution in [0.5, 0.6) is 5.88 Å². The molecule has 3 heteroatoms. The Morgan fingerprint density at radius 2 is 2.13 bits per heavy atom. The van der Waals surface area contributed by atoms with Gasteiger partial charge in [0, 0.05) is 18.7 Å². The number of carbonyl (C=O) groups excluding carboxylic acids is 1. The molecule has 0 spiro atoms. The number of Topliss-reactive ketones (excluding diaryl/α,β-unsaturated/α-hetero) is 1. The van der Waals surface area contributed by atoms with Crippen LogP contribution >= 0.6 is 0 Å². The van der Waals surface area contributed by atoms with Crippen molar-refractivity contribution in [2.24, 2.45) is 0 Å². The Bertz CT molecular complexity index is 418. The summed E-state index contributed by atoms with van der Waals surface area (Å²) in [4.78, 5) is 15.5. The number of aromatic nitrogens is 1. The highest BCUT2D eigenvalue weighted by Gasteiger charge is 2.20. The Labute approximate surface area is 88.8 Å². The first kappa shape index (κ1) is 9.90. The molecule has 0 radical (unpaired) electrons. The number of rotatable bonds is 2. The number of pyridine rings is 1. The van der Waals surface area contributed by atoms with Crippen molar-refractivity contribution in [1.29, 1.82) is 0 Å². The fourth-order valence-corrected chi connectivity index (χ4v) is 1.82. The van der Waals surface area contributed by atoms with Crippen molar-refractivity contribution in [3.05, 3.63) is 29.5 Å². The molecule has 0 bridgehead atoms. The second-order valence-corrected chi connectivity index (χ2v) is 3.62. The van der Waals surface area contributed by atoms with E-state index in [2.05, 4.69) is 4.98 Å². The van der Waals surface area contributed by atoms with Crippen LogP contribution in [0.25, 0.3) is 5.57 Å². The molecule has 0 saturated carbocycles. The molecule has 1 aromatic heterocycles. The van der Waals surface area contributed by atoms with E-state index in [0.29, 0.717) is 12.3 Å². The van der Waals surface area contributed by atoms with Crippen molar-refractivity contribution in [3.8, 4) is 5.88 Å². The lowest BCUT2D eigenvalue weighted by Crippen LogP contribution is -1.91. The molecule has 15 heavy (non-hydrogen) atoms. The van der Waals surface area contributed by atoms with E-state index in [1.54, 1.807) is 13.3 Å². The SMILES string of the molecule is COc1ccc(C2=C(C)C(=O)CC2)cn1. The maximum absolute atomic E-state index is 11.4. The summed E-state index contributed by atoms with van der Waals surface area (Å²) in [6.07, 6.45) is 3.22. The van der Waals surface area contributed by atoms with Gasteiger partial charge in [-0.05, 0) is 36.1 Å². The third kappa shape index (κ3) is 1.77. The van der Waals surface area contributed by atoms with Gasteiger partial charge in [-0.1, -0.05) is 0 Å². The molecule has 0 fully saturated rings. The maximum Gasteiger partial charge on any atom is 0.212 e. The molecular weight excluding hydrogens is 190 g/mol. The van der Waals surface area contributed by atoms with Crippen molar-refractivity contribution >= 4 is 11.4 Å². The molecule has 1 heterocycles. The van der Waals surface area contributed by atoms with Crippen molar-refractivity contribution < 1.29 is 9.53 Å². The number of carbonyl (C=O) groups is 1. The summed E-state index contributed by atoms with van der Waals surface area (Å²) in [6, 6.07) is 3.77. The Morgan fingerprint density at radius 3 is 2.60 bits per heavy atom. The van der Waals surface area contributed by atoms with E-state index in [0.717, 1.165) is 23.1 Å². The van der Waals surface area contributed by atoms with Crippen molar-refractivity contribution in [1.82, 2.24) is 4.98 Å². The first-order chi connectivity index (χ1) is 7.22. The highest BCUT2D eigenvalue weighted by atomic mass is 16.5. The molecule has 0 aromatic carbocycles. The molecule has 78 valence electrons. The summed E-state index contributed by atoms with van der Waals surface area (Å²) in [6.45, 7) is 1.88. The Kier molecular flexibility index (Phi) is 2.54. The number of nitrogens with zero attached hydrogens (tertiary/aromatic N) is 1. The highest BCUT2D eigenvalue weighted by Crippen LogP contribution is 2.31. The van der Waals surface area contributed by atoms with Gasteiger partial charge in [0.1, 0.15) is 0 Å². The summed E-state index contributed by atoms with van der Waals surface area (Å²) < 4.78 is 4.99. The van der Waals surface area contributed by atoms with E-state index in [4.69, 9.17) is 4.74 Å². The van der Waals surface area contributed by atoms with E-state index in [1.807, 2.05) is 19.1 Å². The molecule has 1 aliphatic rings. The van der Waals surface area contributed by atoms with E-state index < -0.39 is 0 Å². The molecule has 1 aromatic rings. The van der Waals surface area contributed by atoms with Crippen molar-refractivity contribution in [2.45, 2.75) is 19.8 Å². The average Bonchev–Trinajstić information content (AvgIpc) is 2.60. The normalized spacial score (nSPS) is 16.0. The van der Waals surface area contributed by atoms with Gasteiger partial charge < -0.3 is 4.74 Å². The van der Waals surface area contributed by atoms with Crippen LogP contribution in [0.1, 0.15) is 25.3 Å². The molecule has 0 aliphatic heterocycles. The molecular formula is C12H13NO2. The van der Waals surface area contributed by atoms with E-state index in [1.165, 1.54) is 0 Å². The lowest BCUT2D eigenvalue weighted by atomic mass is 10.1. The molecule has 0 unspecified atom stereocenters. The van der Waals surface area contributed by atoms with Crippen LogP contribution in [-0.2, 0) is 4.79 Å². The van der Waals surface area contributed by atoms with Gasteiger partial charge in [0.25, 0.3) is 0 Å². The van der Waals surface area contributed by atoms with Gasteiger partial charge >= 0.3 is 0 Å². The minimum absolute atomic E-state index is 0.251. The molecule has 0 atom stereocenters. The van der Waals surface area contributed by atoms with Gasteiger partial charge in [-0.3, -0.25) is 4.79 Å². The zero-order valence-electron chi connectivity index (χ0n) is 8.91. The van der Waals surface area contributed by atoms with E-state index >= 15 is 0 Å². The maximum atomic E-state index is 11.4. The Hall–Kier alpha value is -1.64. The molecule has 0 N–H and O–H groups in total.